The molecule has 0 amide bonds. The van der Waals surface area contributed by atoms with Gasteiger partial charge >= 0.3 is 0 Å². The zero-order valence-electron chi connectivity index (χ0n) is 12.0. The molecule has 4 nitrogen and oxygen atoms in total. The van der Waals surface area contributed by atoms with Gasteiger partial charge in [-0.05, 0) is 31.5 Å². The van der Waals surface area contributed by atoms with Crippen LogP contribution >= 0.6 is 15.9 Å². The van der Waals surface area contributed by atoms with Gasteiger partial charge in [-0.1, -0.05) is 35.2 Å². The minimum Gasteiger partial charge on any atom is -0.316 e. The van der Waals surface area contributed by atoms with Crippen molar-refractivity contribution in [1.82, 2.24) is 10.0 Å². The van der Waals surface area contributed by atoms with Gasteiger partial charge in [0.15, 0.2) is 0 Å². The van der Waals surface area contributed by atoms with Crippen LogP contribution in [0.4, 0.5) is 4.39 Å². The number of halogens is 2. The highest BCUT2D eigenvalue weighted by molar-refractivity contribution is 9.10. The van der Waals surface area contributed by atoms with E-state index >= 15 is 0 Å². The van der Waals surface area contributed by atoms with E-state index in [-0.39, 0.29) is 11.4 Å². The van der Waals surface area contributed by atoms with Gasteiger partial charge < -0.3 is 5.32 Å². The Bertz CT molecular complexity index is 603. The smallest absolute Gasteiger partial charge is 0.243 e. The predicted octanol–water partition coefficient (Wildman–Crippen LogP) is 2.78. The van der Waals surface area contributed by atoms with Gasteiger partial charge in [0.1, 0.15) is 10.7 Å². The standard InChI is InChI=1S/C14H20BrFN2O2S/c1-17-9-11-7-12(15)8-13(14(11)16)21(19,20)18-6-5-10-3-2-4-10/h7-8,10,17-18H,2-6,9H2,1H3. The third kappa shape index (κ3) is 4.25. The van der Waals surface area contributed by atoms with Gasteiger partial charge in [-0.25, -0.2) is 17.5 Å². The Morgan fingerprint density at radius 3 is 2.67 bits per heavy atom. The predicted molar refractivity (Wildman–Crippen MR) is 84.0 cm³/mol. The molecule has 1 aliphatic carbocycles. The Morgan fingerprint density at radius 1 is 1.38 bits per heavy atom. The summed E-state index contributed by atoms with van der Waals surface area (Å²) in [6, 6.07) is 2.89. The van der Waals surface area contributed by atoms with Crippen LogP contribution in [0.5, 0.6) is 0 Å². The third-order valence-corrected chi connectivity index (χ3v) is 5.72. The number of sulfonamides is 1. The highest BCUT2D eigenvalue weighted by Gasteiger charge is 2.23. The van der Waals surface area contributed by atoms with Crippen molar-refractivity contribution in [1.29, 1.82) is 0 Å². The lowest BCUT2D eigenvalue weighted by molar-refractivity contribution is 0.297. The van der Waals surface area contributed by atoms with E-state index in [2.05, 4.69) is 26.0 Å². The van der Waals surface area contributed by atoms with Crippen LogP contribution in [0.25, 0.3) is 0 Å². The molecular weight excluding hydrogens is 359 g/mol. The number of benzene rings is 1. The molecule has 118 valence electrons. The second-order valence-corrected chi connectivity index (χ2v) is 8.04. The summed E-state index contributed by atoms with van der Waals surface area (Å²) < 4.78 is 41.9. The molecule has 0 saturated heterocycles. The summed E-state index contributed by atoms with van der Waals surface area (Å²) in [5, 5.41) is 2.83. The van der Waals surface area contributed by atoms with Gasteiger partial charge in [0.2, 0.25) is 10.0 Å². The molecule has 0 aliphatic heterocycles. The summed E-state index contributed by atoms with van der Waals surface area (Å²) in [6.45, 7) is 0.635. The Kier molecular flexibility index (Phi) is 5.76. The lowest BCUT2D eigenvalue weighted by Gasteiger charge is -2.25. The minimum atomic E-state index is -3.82. The van der Waals surface area contributed by atoms with Crippen molar-refractivity contribution < 1.29 is 12.8 Å². The average molecular weight is 379 g/mol. The van der Waals surface area contributed by atoms with Crippen molar-refractivity contribution >= 4 is 26.0 Å². The van der Waals surface area contributed by atoms with Crippen LogP contribution in [0, 0.1) is 11.7 Å². The number of hydrogen-bond donors (Lipinski definition) is 2. The molecular formula is C14H20BrFN2O2S. The van der Waals surface area contributed by atoms with Crippen molar-refractivity contribution in [2.75, 3.05) is 13.6 Å². The van der Waals surface area contributed by atoms with E-state index in [1.165, 1.54) is 25.3 Å². The first-order chi connectivity index (χ1) is 9.94. The van der Waals surface area contributed by atoms with Gasteiger partial charge in [-0.2, -0.15) is 0 Å². The molecule has 7 heteroatoms. The van der Waals surface area contributed by atoms with Crippen LogP contribution in [-0.4, -0.2) is 22.0 Å². The van der Waals surface area contributed by atoms with Gasteiger partial charge in [0.05, 0.1) is 0 Å². The SMILES string of the molecule is CNCc1cc(Br)cc(S(=O)(=O)NCCC2CCC2)c1F. The summed E-state index contributed by atoms with van der Waals surface area (Å²) in [7, 11) is -2.13. The molecule has 1 aromatic rings. The number of hydrogen-bond acceptors (Lipinski definition) is 3. The molecule has 2 N–H and O–H groups in total. The first kappa shape index (κ1) is 16.9. The lowest BCUT2D eigenvalue weighted by Crippen LogP contribution is -2.28. The maximum atomic E-state index is 14.3. The summed E-state index contributed by atoms with van der Waals surface area (Å²) in [5.41, 5.74) is 0.325. The van der Waals surface area contributed by atoms with E-state index in [0.717, 1.165) is 6.42 Å². The summed E-state index contributed by atoms with van der Waals surface area (Å²) in [4.78, 5) is -0.296. The van der Waals surface area contributed by atoms with Crippen molar-refractivity contribution in [3.05, 3.63) is 28.0 Å². The Labute approximate surface area is 133 Å². The topological polar surface area (TPSA) is 58.2 Å². The number of rotatable bonds is 7. The van der Waals surface area contributed by atoms with Gasteiger partial charge in [-0.15, -0.1) is 0 Å². The summed E-state index contributed by atoms with van der Waals surface area (Å²) in [6.07, 6.45) is 4.38. The monoisotopic (exact) mass is 378 g/mol. The van der Waals surface area contributed by atoms with Crippen LogP contribution in [0.15, 0.2) is 21.5 Å². The second-order valence-electron chi connectivity index (χ2n) is 5.39. The van der Waals surface area contributed by atoms with Crippen LogP contribution in [0.3, 0.4) is 0 Å². The fourth-order valence-corrected chi connectivity index (χ4v) is 4.24. The van der Waals surface area contributed by atoms with E-state index in [0.29, 0.717) is 22.5 Å². The Morgan fingerprint density at radius 2 is 2.10 bits per heavy atom. The van der Waals surface area contributed by atoms with Gasteiger partial charge in [-0.3, -0.25) is 0 Å². The van der Waals surface area contributed by atoms with Crippen LogP contribution in [0.1, 0.15) is 31.2 Å². The molecule has 0 unspecified atom stereocenters. The summed E-state index contributed by atoms with van der Waals surface area (Å²) >= 11 is 3.23. The highest BCUT2D eigenvalue weighted by Crippen LogP contribution is 2.29. The molecule has 0 bridgehead atoms. The molecule has 1 aromatic carbocycles. The maximum Gasteiger partial charge on any atom is 0.243 e. The summed E-state index contributed by atoms with van der Waals surface area (Å²) in [5.74, 6) is -0.0800. The van der Waals surface area contributed by atoms with Crippen molar-refractivity contribution in [2.45, 2.75) is 37.1 Å². The first-order valence-corrected chi connectivity index (χ1v) is 9.34. The zero-order chi connectivity index (χ0) is 15.5. The lowest BCUT2D eigenvalue weighted by atomic mass is 9.83. The van der Waals surface area contributed by atoms with Crippen LogP contribution in [-0.2, 0) is 16.6 Å². The molecule has 1 saturated carbocycles. The molecule has 0 aromatic heterocycles. The molecule has 0 spiro atoms. The van der Waals surface area contributed by atoms with Crippen LogP contribution < -0.4 is 10.0 Å². The second kappa shape index (κ2) is 7.17. The molecule has 2 rings (SSSR count). The van der Waals surface area contributed by atoms with E-state index < -0.39 is 15.8 Å². The van der Waals surface area contributed by atoms with E-state index in [1.54, 1.807) is 13.1 Å². The van der Waals surface area contributed by atoms with Gasteiger partial charge in [0, 0.05) is 23.1 Å². The fourth-order valence-electron chi connectivity index (χ4n) is 2.39. The normalized spacial score (nSPS) is 16.0. The minimum absolute atomic E-state index is 0.274. The van der Waals surface area contributed by atoms with Gasteiger partial charge in [0.25, 0.3) is 0 Å². The average Bonchev–Trinajstić information content (AvgIpc) is 2.36. The largest absolute Gasteiger partial charge is 0.316 e. The van der Waals surface area contributed by atoms with E-state index in [1.807, 2.05) is 0 Å². The van der Waals surface area contributed by atoms with E-state index in [4.69, 9.17) is 0 Å². The Balaban J connectivity index is 2.13. The van der Waals surface area contributed by atoms with Crippen LogP contribution in [0.2, 0.25) is 0 Å². The fraction of sp³-hybridized carbons (Fsp3) is 0.571. The molecule has 0 atom stereocenters. The molecule has 0 radical (unpaired) electrons. The number of nitrogens with one attached hydrogen (secondary N) is 2. The highest BCUT2D eigenvalue weighted by atomic mass is 79.9. The van der Waals surface area contributed by atoms with E-state index in [9.17, 15) is 12.8 Å². The van der Waals surface area contributed by atoms with Crippen molar-refractivity contribution in [3.63, 3.8) is 0 Å². The molecule has 1 aliphatic rings. The molecule has 0 heterocycles. The zero-order valence-corrected chi connectivity index (χ0v) is 14.4. The van der Waals surface area contributed by atoms with Crippen molar-refractivity contribution in [2.24, 2.45) is 5.92 Å². The quantitative estimate of drug-likeness (QED) is 0.766. The maximum absolute atomic E-state index is 14.3. The molecule has 1 fully saturated rings. The Hall–Kier alpha value is -0.500. The molecule has 21 heavy (non-hydrogen) atoms. The third-order valence-electron chi connectivity index (χ3n) is 3.81. The van der Waals surface area contributed by atoms with Crippen molar-refractivity contribution in [3.8, 4) is 0 Å². The first-order valence-electron chi connectivity index (χ1n) is 7.06.